The lowest BCUT2D eigenvalue weighted by Gasteiger charge is -2.23. The molecule has 0 bridgehead atoms. The first-order chi connectivity index (χ1) is 7.83. The van der Waals surface area contributed by atoms with Crippen molar-refractivity contribution in [1.29, 1.82) is 0 Å². The van der Waals surface area contributed by atoms with Crippen LogP contribution in [0.2, 0.25) is 0 Å². The second-order valence-corrected chi connectivity index (χ2v) is 5.17. The SMILES string of the molecule is CC(C)(Cl)c1ccc(C(F)(F)F)cc1C(F)(F)F. The first kappa shape index (κ1) is 15.1. The molecule has 1 aromatic carbocycles. The van der Waals surface area contributed by atoms with E-state index in [0.717, 1.165) is 6.07 Å². The van der Waals surface area contributed by atoms with Crippen LogP contribution >= 0.6 is 11.6 Å². The minimum Gasteiger partial charge on any atom is -0.166 e. The van der Waals surface area contributed by atoms with Gasteiger partial charge in [-0.2, -0.15) is 26.3 Å². The molecule has 0 aliphatic rings. The van der Waals surface area contributed by atoms with Crippen molar-refractivity contribution in [1.82, 2.24) is 0 Å². The zero-order chi connectivity index (χ0) is 14.4. The van der Waals surface area contributed by atoms with E-state index in [4.69, 9.17) is 11.6 Å². The van der Waals surface area contributed by atoms with Crippen LogP contribution in [0, 0.1) is 0 Å². The molecule has 1 rings (SSSR count). The molecule has 0 amide bonds. The monoisotopic (exact) mass is 290 g/mol. The molecule has 0 atom stereocenters. The van der Waals surface area contributed by atoms with Crippen LogP contribution in [-0.4, -0.2) is 0 Å². The second kappa shape index (κ2) is 4.33. The molecule has 1 aromatic rings. The molecule has 0 radical (unpaired) electrons. The predicted molar refractivity (Wildman–Crippen MR) is 55.3 cm³/mol. The smallest absolute Gasteiger partial charge is 0.166 e. The standard InChI is InChI=1S/C11H9ClF6/c1-9(2,12)7-4-3-6(10(13,14)15)5-8(7)11(16,17)18/h3-5H,1-2H3. The van der Waals surface area contributed by atoms with Gasteiger partial charge in [-0.1, -0.05) is 6.07 Å². The van der Waals surface area contributed by atoms with Gasteiger partial charge in [0.05, 0.1) is 16.0 Å². The fourth-order valence-electron chi connectivity index (χ4n) is 1.47. The van der Waals surface area contributed by atoms with Gasteiger partial charge in [0.2, 0.25) is 0 Å². The summed E-state index contributed by atoms with van der Waals surface area (Å²) in [7, 11) is 0. The largest absolute Gasteiger partial charge is 0.416 e. The summed E-state index contributed by atoms with van der Waals surface area (Å²) in [4.78, 5) is -1.41. The summed E-state index contributed by atoms with van der Waals surface area (Å²) in [5, 5.41) is 0. The highest BCUT2D eigenvalue weighted by atomic mass is 35.5. The highest BCUT2D eigenvalue weighted by Crippen LogP contribution is 2.42. The van der Waals surface area contributed by atoms with Gasteiger partial charge in [-0.05, 0) is 31.5 Å². The summed E-state index contributed by atoms with van der Waals surface area (Å²) in [5.74, 6) is 0. The number of rotatable bonds is 1. The van der Waals surface area contributed by atoms with E-state index in [0.29, 0.717) is 6.07 Å². The Morgan fingerprint density at radius 1 is 0.833 bits per heavy atom. The summed E-state index contributed by atoms with van der Waals surface area (Å²) in [6.07, 6.45) is -9.71. The van der Waals surface area contributed by atoms with Gasteiger partial charge in [-0.3, -0.25) is 0 Å². The minimum absolute atomic E-state index is 0.0828. The van der Waals surface area contributed by atoms with Crippen LogP contribution in [0.5, 0.6) is 0 Å². The van der Waals surface area contributed by atoms with E-state index < -0.39 is 28.4 Å². The molecule has 18 heavy (non-hydrogen) atoms. The third-order valence-corrected chi connectivity index (χ3v) is 2.50. The molecule has 0 fully saturated rings. The van der Waals surface area contributed by atoms with Crippen molar-refractivity contribution in [2.45, 2.75) is 31.1 Å². The molecule has 0 saturated carbocycles. The Bertz CT molecular complexity index is 438. The lowest BCUT2D eigenvalue weighted by atomic mass is 9.94. The van der Waals surface area contributed by atoms with Crippen LogP contribution < -0.4 is 0 Å². The number of benzene rings is 1. The van der Waals surface area contributed by atoms with Crippen LogP contribution in [-0.2, 0) is 17.2 Å². The van der Waals surface area contributed by atoms with Crippen LogP contribution in [0.15, 0.2) is 18.2 Å². The molecule has 0 N–H and O–H groups in total. The van der Waals surface area contributed by atoms with Crippen molar-refractivity contribution in [3.63, 3.8) is 0 Å². The fourth-order valence-corrected chi connectivity index (χ4v) is 1.64. The van der Waals surface area contributed by atoms with Gasteiger partial charge in [0.1, 0.15) is 0 Å². The topological polar surface area (TPSA) is 0 Å². The minimum atomic E-state index is -4.89. The number of alkyl halides is 7. The third-order valence-electron chi connectivity index (χ3n) is 2.29. The van der Waals surface area contributed by atoms with Crippen molar-refractivity contribution in [3.05, 3.63) is 34.9 Å². The van der Waals surface area contributed by atoms with Gasteiger partial charge in [-0.15, -0.1) is 11.6 Å². The normalized spacial score (nSPS) is 13.8. The average molecular weight is 291 g/mol. The van der Waals surface area contributed by atoms with E-state index in [2.05, 4.69) is 0 Å². The Hall–Kier alpha value is -0.910. The zero-order valence-corrected chi connectivity index (χ0v) is 10.1. The third kappa shape index (κ3) is 3.31. The maximum atomic E-state index is 12.7. The van der Waals surface area contributed by atoms with Crippen LogP contribution in [0.1, 0.15) is 30.5 Å². The molecule has 102 valence electrons. The number of hydrogen-bond donors (Lipinski definition) is 0. The maximum Gasteiger partial charge on any atom is 0.416 e. The summed E-state index contributed by atoms with van der Waals surface area (Å²) in [5.41, 5.74) is -3.10. The zero-order valence-electron chi connectivity index (χ0n) is 9.38. The van der Waals surface area contributed by atoms with Gasteiger partial charge >= 0.3 is 12.4 Å². The molecule has 0 heterocycles. The molecular formula is C11H9ClF6. The van der Waals surface area contributed by atoms with Gasteiger partial charge in [0.25, 0.3) is 0 Å². The predicted octanol–water partition coefficient (Wildman–Crippen LogP) is 5.20. The van der Waals surface area contributed by atoms with Crippen molar-refractivity contribution in [2.24, 2.45) is 0 Å². The van der Waals surface area contributed by atoms with Gasteiger partial charge in [-0.25, -0.2) is 0 Å². The van der Waals surface area contributed by atoms with E-state index >= 15 is 0 Å². The molecule has 0 aromatic heterocycles. The maximum absolute atomic E-state index is 12.7. The van der Waals surface area contributed by atoms with Crippen LogP contribution in [0.3, 0.4) is 0 Å². The molecule has 0 aliphatic heterocycles. The lowest BCUT2D eigenvalue weighted by molar-refractivity contribution is -0.143. The molecule has 0 spiro atoms. The lowest BCUT2D eigenvalue weighted by Crippen LogP contribution is -2.19. The summed E-state index contributed by atoms with van der Waals surface area (Å²) in [6, 6.07) is 1.44. The highest BCUT2D eigenvalue weighted by Gasteiger charge is 2.40. The molecule has 0 saturated heterocycles. The first-order valence-corrected chi connectivity index (χ1v) is 5.19. The van der Waals surface area contributed by atoms with Crippen molar-refractivity contribution in [2.75, 3.05) is 0 Å². The Morgan fingerprint density at radius 3 is 1.67 bits per heavy atom. The van der Waals surface area contributed by atoms with E-state index in [1.54, 1.807) is 0 Å². The quantitative estimate of drug-likeness (QED) is 0.493. The van der Waals surface area contributed by atoms with Gasteiger partial charge in [0.15, 0.2) is 0 Å². The molecule has 0 nitrogen and oxygen atoms in total. The van der Waals surface area contributed by atoms with Crippen molar-refractivity contribution in [3.8, 4) is 0 Å². The second-order valence-electron chi connectivity index (χ2n) is 4.23. The fraction of sp³-hybridized carbons (Fsp3) is 0.455. The van der Waals surface area contributed by atoms with E-state index in [1.165, 1.54) is 13.8 Å². The summed E-state index contributed by atoms with van der Waals surface area (Å²) >= 11 is 5.76. The Labute approximate surface area is 105 Å². The first-order valence-electron chi connectivity index (χ1n) is 4.81. The van der Waals surface area contributed by atoms with E-state index in [1.807, 2.05) is 0 Å². The Morgan fingerprint density at radius 2 is 1.33 bits per heavy atom. The molecular weight excluding hydrogens is 282 g/mol. The van der Waals surface area contributed by atoms with Crippen LogP contribution in [0.4, 0.5) is 26.3 Å². The molecule has 0 aliphatic carbocycles. The highest BCUT2D eigenvalue weighted by molar-refractivity contribution is 6.23. The molecule has 7 heteroatoms. The van der Waals surface area contributed by atoms with Gasteiger partial charge in [0, 0.05) is 0 Å². The molecule has 0 unspecified atom stereocenters. The average Bonchev–Trinajstić information content (AvgIpc) is 2.12. The summed E-state index contributed by atoms with van der Waals surface area (Å²) < 4.78 is 75.3. The van der Waals surface area contributed by atoms with Crippen LogP contribution in [0.25, 0.3) is 0 Å². The van der Waals surface area contributed by atoms with Crippen molar-refractivity contribution >= 4 is 11.6 Å². The Kier molecular flexibility index (Phi) is 3.64. The number of halogens is 7. The summed E-state index contributed by atoms with van der Waals surface area (Å²) in [6.45, 7) is 2.57. The van der Waals surface area contributed by atoms with E-state index in [9.17, 15) is 26.3 Å². The number of hydrogen-bond acceptors (Lipinski definition) is 0. The van der Waals surface area contributed by atoms with Gasteiger partial charge < -0.3 is 0 Å². The van der Waals surface area contributed by atoms with E-state index in [-0.39, 0.29) is 11.6 Å². The van der Waals surface area contributed by atoms with Crippen molar-refractivity contribution < 1.29 is 26.3 Å². The Balaban J connectivity index is 3.50.